The van der Waals surface area contributed by atoms with Crippen LogP contribution in [0.1, 0.15) is 22.8 Å². The van der Waals surface area contributed by atoms with E-state index >= 15 is 0 Å². The second-order valence-electron chi connectivity index (χ2n) is 2.85. The lowest BCUT2D eigenvalue weighted by Gasteiger charge is -2.06. The molecule has 0 aliphatic heterocycles. The van der Waals surface area contributed by atoms with Crippen LogP contribution in [0.15, 0.2) is 21.5 Å². The Balaban J connectivity index is 3.06. The highest BCUT2D eigenvalue weighted by Crippen LogP contribution is 2.26. The fraction of sp³-hybridized carbons (Fsp3) is 0.300. The third-order valence-electron chi connectivity index (χ3n) is 1.75. The van der Waals surface area contributed by atoms with E-state index in [4.69, 9.17) is 4.74 Å². The van der Waals surface area contributed by atoms with Crippen LogP contribution in [0.5, 0.6) is 0 Å². The Labute approximate surface area is 97.2 Å². The zero-order valence-electron chi connectivity index (χ0n) is 8.00. The van der Waals surface area contributed by atoms with Crippen molar-refractivity contribution in [3.63, 3.8) is 0 Å². The molecule has 0 saturated carbocycles. The average Bonchev–Trinajstić information content (AvgIpc) is 2.13. The molecule has 0 N–H and O–H groups in total. The molecule has 1 aromatic rings. The number of rotatable bonds is 2. The molecule has 0 aliphatic rings. The van der Waals surface area contributed by atoms with Gasteiger partial charge in [0.1, 0.15) is 0 Å². The van der Waals surface area contributed by atoms with Crippen LogP contribution in [-0.2, 0) is 4.74 Å². The van der Waals surface area contributed by atoms with E-state index in [-0.39, 0.29) is 5.97 Å². The fourth-order valence-corrected chi connectivity index (χ4v) is 1.63. The Kier molecular flexibility index (Phi) is 4.01. The summed E-state index contributed by atoms with van der Waals surface area (Å²) in [7, 11) is 0. The van der Waals surface area contributed by atoms with Crippen LogP contribution in [0, 0.1) is 6.92 Å². The molecule has 0 amide bonds. The maximum Gasteiger partial charge on any atom is 0.338 e. The summed E-state index contributed by atoms with van der Waals surface area (Å²) in [6.07, 6.45) is 0. The molecule has 4 heteroatoms. The quantitative estimate of drug-likeness (QED) is 0.662. The van der Waals surface area contributed by atoms with Gasteiger partial charge in [-0.3, -0.25) is 0 Å². The van der Waals surface area contributed by atoms with Gasteiger partial charge in [0.2, 0.25) is 0 Å². The molecule has 0 spiro atoms. The lowest BCUT2D eigenvalue weighted by Crippen LogP contribution is -2.05. The van der Waals surface area contributed by atoms with Crippen molar-refractivity contribution >= 4 is 34.5 Å². The zero-order valence-corrected chi connectivity index (χ0v) is 10.5. The summed E-state index contributed by atoms with van der Waals surface area (Å²) in [4.78, 5) is 12.1. The van der Waals surface area contributed by atoms with E-state index < -0.39 is 0 Å². The van der Waals surface area contributed by atoms with Crippen molar-refractivity contribution < 1.29 is 9.53 Å². The molecule has 2 nitrogen and oxygen atoms in total. The smallest absolute Gasteiger partial charge is 0.338 e. The van der Waals surface area contributed by atoms with Gasteiger partial charge in [-0.2, -0.15) is 0 Å². The third-order valence-corrected chi connectivity index (χ3v) is 3.46. The van der Waals surface area contributed by atoms with Crippen molar-refractivity contribution in [1.82, 2.24) is 0 Å². The molecule has 0 unspecified atom stereocenters. The summed E-state index contributed by atoms with van der Waals surface area (Å²) in [5, 5.41) is 0. The first-order valence-electron chi connectivity index (χ1n) is 4.22. The number of aryl methyl sites for hydroxylation is 1. The van der Waals surface area contributed by atoms with Crippen LogP contribution < -0.4 is 0 Å². The third kappa shape index (κ3) is 2.51. The monoisotopic (exact) mass is 274 g/mol. The minimum absolute atomic E-state index is 0.307. The average molecular weight is 275 g/mol. The van der Waals surface area contributed by atoms with Crippen LogP contribution in [-0.4, -0.2) is 12.6 Å². The van der Waals surface area contributed by atoms with Gasteiger partial charge in [0.25, 0.3) is 0 Å². The first-order chi connectivity index (χ1) is 6.56. The predicted octanol–water partition coefficient (Wildman–Crippen LogP) is 3.22. The summed E-state index contributed by atoms with van der Waals surface area (Å²) in [6.45, 7) is 4.08. The Hall–Kier alpha value is -0.480. The van der Waals surface area contributed by atoms with E-state index in [2.05, 4.69) is 28.6 Å². The predicted molar refractivity (Wildman–Crippen MR) is 62.1 cm³/mol. The summed E-state index contributed by atoms with van der Waals surface area (Å²) < 4.78 is 5.80. The van der Waals surface area contributed by atoms with E-state index in [9.17, 15) is 4.79 Å². The van der Waals surface area contributed by atoms with E-state index in [1.807, 2.05) is 6.92 Å². The molecule has 0 heterocycles. The zero-order chi connectivity index (χ0) is 10.7. The Morgan fingerprint density at radius 2 is 2.21 bits per heavy atom. The topological polar surface area (TPSA) is 26.3 Å². The second kappa shape index (κ2) is 4.84. The van der Waals surface area contributed by atoms with Crippen molar-refractivity contribution in [1.29, 1.82) is 0 Å². The standard InChI is InChI=1S/C10H11BrO2S/c1-3-13-10(12)7-4-6(2)9(11)8(14)5-7/h4-5,14H,3H2,1-2H3. The van der Waals surface area contributed by atoms with E-state index in [1.54, 1.807) is 19.1 Å². The fourth-order valence-electron chi connectivity index (χ4n) is 1.08. The molecule has 0 fully saturated rings. The van der Waals surface area contributed by atoms with Gasteiger partial charge >= 0.3 is 5.97 Å². The van der Waals surface area contributed by atoms with E-state index in [1.165, 1.54) is 0 Å². The number of hydrogen-bond donors (Lipinski definition) is 1. The van der Waals surface area contributed by atoms with Gasteiger partial charge in [-0.15, -0.1) is 12.6 Å². The van der Waals surface area contributed by atoms with Crippen LogP contribution in [0.4, 0.5) is 0 Å². The highest BCUT2D eigenvalue weighted by atomic mass is 79.9. The molecular weight excluding hydrogens is 264 g/mol. The number of carbonyl (C=O) groups excluding carboxylic acids is 1. The Morgan fingerprint density at radius 1 is 1.57 bits per heavy atom. The molecule has 0 radical (unpaired) electrons. The Bertz CT molecular complexity index is 340. The molecule has 1 aromatic carbocycles. The highest BCUT2D eigenvalue weighted by Gasteiger charge is 2.10. The molecule has 0 atom stereocenters. The van der Waals surface area contributed by atoms with Gasteiger partial charge < -0.3 is 4.74 Å². The maximum atomic E-state index is 11.4. The van der Waals surface area contributed by atoms with Crippen LogP contribution >= 0.6 is 28.6 Å². The summed E-state index contributed by atoms with van der Waals surface area (Å²) >= 11 is 7.62. The van der Waals surface area contributed by atoms with Gasteiger partial charge in [-0.25, -0.2) is 4.79 Å². The van der Waals surface area contributed by atoms with Crippen molar-refractivity contribution in [2.45, 2.75) is 18.7 Å². The summed E-state index contributed by atoms with van der Waals surface area (Å²) in [5.41, 5.74) is 1.51. The molecule has 0 aliphatic carbocycles. The number of esters is 1. The molecule has 0 bridgehead atoms. The van der Waals surface area contributed by atoms with Crippen LogP contribution in [0.25, 0.3) is 0 Å². The summed E-state index contributed by atoms with van der Waals surface area (Å²) in [5.74, 6) is -0.307. The Morgan fingerprint density at radius 3 is 2.71 bits per heavy atom. The first kappa shape index (κ1) is 11.6. The van der Waals surface area contributed by atoms with Gasteiger partial charge in [-0.1, -0.05) is 0 Å². The molecule has 0 saturated heterocycles. The normalized spacial score (nSPS) is 10.0. The minimum Gasteiger partial charge on any atom is -0.462 e. The second-order valence-corrected chi connectivity index (χ2v) is 4.12. The number of benzene rings is 1. The lowest BCUT2D eigenvalue weighted by atomic mass is 10.1. The number of carbonyl (C=O) groups is 1. The summed E-state index contributed by atoms with van der Waals surface area (Å²) in [6, 6.07) is 3.47. The maximum absolute atomic E-state index is 11.4. The van der Waals surface area contributed by atoms with Gasteiger partial charge in [-0.05, 0) is 47.5 Å². The van der Waals surface area contributed by atoms with Crippen LogP contribution in [0.3, 0.4) is 0 Å². The van der Waals surface area contributed by atoms with Gasteiger partial charge in [0.05, 0.1) is 12.2 Å². The number of halogens is 1. The van der Waals surface area contributed by atoms with Gasteiger partial charge in [0, 0.05) is 9.37 Å². The highest BCUT2D eigenvalue weighted by molar-refractivity contribution is 9.10. The SMILES string of the molecule is CCOC(=O)c1cc(C)c(Br)c(S)c1. The number of hydrogen-bond acceptors (Lipinski definition) is 3. The molecule has 1 rings (SSSR count). The molecular formula is C10H11BrO2S. The van der Waals surface area contributed by atoms with Crippen molar-refractivity contribution in [2.75, 3.05) is 6.61 Å². The van der Waals surface area contributed by atoms with E-state index in [0.717, 1.165) is 14.9 Å². The van der Waals surface area contributed by atoms with Crippen molar-refractivity contribution in [3.8, 4) is 0 Å². The van der Waals surface area contributed by atoms with Crippen molar-refractivity contribution in [3.05, 3.63) is 27.7 Å². The minimum atomic E-state index is -0.307. The van der Waals surface area contributed by atoms with Crippen LogP contribution in [0.2, 0.25) is 0 Å². The number of thiol groups is 1. The lowest BCUT2D eigenvalue weighted by molar-refractivity contribution is 0.0526. The number of ether oxygens (including phenoxy) is 1. The van der Waals surface area contributed by atoms with Gasteiger partial charge in [0.15, 0.2) is 0 Å². The first-order valence-corrected chi connectivity index (χ1v) is 5.46. The molecule has 14 heavy (non-hydrogen) atoms. The van der Waals surface area contributed by atoms with E-state index in [0.29, 0.717) is 12.2 Å². The molecule has 0 aromatic heterocycles. The largest absolute Gasteiger partial charge is 0.462 e. The van der Waals surface area contributed by atoms with Crippen molar-refractivity contribution in [2.24, 2.45) is 0 Å². The molecule has 76 valence electrons.